The largest absolute Gasteiger partial charge is 0.508 e. The molecule has 3 rings (SSSR count). The predicted molar refractivity (Wildman–Crippen MR) is 117 cm³/mol. The molecule has 0 unspecified atom stereocenters. The molecule has 5 nitrogen and oxygen atoms in total. The molecule has 0 aliphatic rings. The Morgan fingerprint density at radius 1 is 1.34 bits per heavy atom. The molecule has 0 bridgehead atoms. The van der Waals surface area contributed by atoms with Gasteiger partial charge in [-0.3, -0.25) is 0 Å². The third kappa shape index (κ3) is 4.43. The summed E-state index contributed by atoms with van der Waals surface area (Å²) in [5.74, 6) is 0.869. The van der Waals surface area contributed by atoms with Crippen LogP contribution in [-0.4, -0.2) is 27.7 Å². The van der Waals surface area contributed by atoms with Crippen LogP contribution in [0.5, 0.6) is 5.75 Å². The maximum absolute atomic E-state index is 12.0. The summed E-state index contributed by atoms with van der Waals surface area (Å²) < 4.78 is 7.05. The summed E-state index contributed by atoms with van der Waals surface area (Å²) in [6.45, 7) is 8.61. The molecule has 0 aliphatic heterocycles. The molecule has 6 heteroatoms. The highest BCUT2D eigenvalue weighted by Gasteiger charge is 2.20. The topological polar surface area (TPSA) is 64.3 Å². The number of aryl methyl sites for hydroxylation is 2. The van der Waals surface area contributed by atoms with E-state index in [-0.39, 0.29) is 0 Å². The average Bonchev–Trinajstić information content (AvgIpc) is 3.34. The number of phenols is 1. The van der Waals surface area contributed by atoms with Gasteiger partial charge < -0.3 is 14.4 Å². The Hall–Kier alpha value is -2.86. The van der Waals surface area contributed by atoms with Crippen LogP contribution in [0.1, 0.15) is 41.6 Å². The molecule has 0 fully saturated rings. The van der Waals surface area contributed by atoms with Gasteiger partial charge >= 0.3 is 5.97 Å². The second-order valence-electron chi connectivity index (χ2n) is 7.00. The van der Waals surface area contributed by atoms with Crippen LogP contribution in [0.15, 0.2) is 42.4 Å². The first-order valence-electron chi connectivity index (χ1n) is 9.64. The van der Waals surface area contributed by atoms with Crippen LogP contribution in [0.2, 0.25) is 0 Å². The number of esters is 1. The van der Waals surface area contributed by atoms with Crippen molar-refractivity contribution in [2.24, 2.45) is 0 Å². The number of aromatic nitrogens is 2. The smallest absolute Gasteiger partial charge is 0.338 e. The number of ether oxygens (including phenoxy) is 1. The van der Waals surface area contributed by atoms with E-state index in [1.54, 1.807) is 6.07 Å². The van der Waals surface area contributed by atoms with Gasteiger partial charge in [-0.1, -0.05) is 32.1 Å². The number of rotatable bonds is 8. The van der Waals surface area contributed by atoms with Crippen LogP contribution >= 0.6 is 11.3 Å². The summed E-state index contributed by atoms with van der Waals surface area (Å²) in [4.78, 5) is 17.5. The van der Waals surface area contributed by atoms with Crippen LogP contribution in [-0.2, 0) is 22.5 Å². The Balaban J connectivity index is 2.05. The minimum absolute atomic E-state index is 0.292. The quantitative estimate of drug-likeness (QED) is 0.409. The molecule has 0 atom stereocenters. The lowest BCUT2D eigenvalue weighted by Gasteiger charge is -2.14. The number of unbranched alkanes of at least 4 members (excludes halogenated alkanes) is 1. The highest BCUT2D eigenvalue weighted by molar-refractivity contribution is 7.12. The fraction of sp³-hybridized carbons (Fsp3) is 0.304. The molecule has 0 radical (unpaired) electrons. The number of methoxy groups -OCH3 is 1. The predicted octanol–water partition coefficient (Wildman–Crippen LogP) is 5.20. The molecule has 0 spiro atoms. The van der Waals surface area contributed by atoms with Crippen molar-refractivity contribution >= 4 is 22.9 Å². The Bertz CT molecular complexity index is 1030. The van der Waals surface area contributed by atoms with Crippen LogP contribution in [0.4, 0.5) is 0 Å². The lowest BCUT2D eigenvalue weighted by atomic mass is 10.1. The molecule has 1 N–H and O–H groups in total. The van der Waals surface area contributed by atoms with Crippen molar-refractivity contribution in [3.05, 3.63) is 64.2 Å². The number of carbonyl (C=O) groups is 1. The molecular formula is C23H26N2O3S. The van der Waals surface area contributed by atoms with E-state index in [1.807, 2.05) is 36.7 Å². The number of thiophene rings is 1. The first kappa shape index (κ1) is 20.9. The van der Waals surface area contributed by atoms with E-state index in [0.29, 0.717) is 17.9 Å². The van der Waals surface area contributed by atoms with E-state index in [2.05, 4.69) is 23.1 Å². The maximum Gasteiger partial charge on any atom is 0.338 e. The van der Waals surface area contributed by atoms with E-state index in [1.165, 1.54) is 18.4 Å². The Morgan fingerprint density at radius 3 is 2.83 bits per heavy atom. The fourth-order valence-electron chi connectivity index (χ4n) is 3.30. The first-order valence-corrected chi connectivity index (χ1v) is 10.5. The molecule has 3 aromatic rings. The van der Waals surface area contributed by atoms with Crippen molar-refractivity contribution in [2.45, 2.75) is 39.7 Å². The molecule has 2 heterocycles. The summed E-state index contributed by atoms with van der Waals surface area (Å²) in [6.07, 6.45) is 4.89. The molecule has 0 saturated heterocycles. The van der Waals surface area contributed by atoms with Crippen LogP contribution in [0.25, 0.3) is 16.8 Å². The lowest BCUT2D eigenvalue weighted by molar-refractivity contribution is -0.133. The monoisotopic (exact) mass is 410 g/mol. The number of aromatic hydroxyl groups is 1. The Morgan fingerprint density at radius 2 is 2.14 bits per heavy atom. The first-order chi connectivity index (χ1) is 14.0. The number of hydrogen-bond donors (Lipinski definition) is 1. The summed E-state index contributed by atoms with van der Waals surface area (Å²) in [6, 6.07) is 7.64. The van der Waals surface area contributed by atoms with Crippen molar-refractivity contribution < 1.29 is 14.6 Å². The molecule has 152 valence electrons. The minimum Gasteiger partial charge on any atom is -0.508 e. The van der Waals surface area contributed by atoms with Crippen LogP contribution in [0.3, 0.4) is 0 Å². The van der Waals surface area contributed by atoms with Crippen molar-refractivity contribution in [1.82, 2.24) is 9.55 Å². The Labute approximate surface area is 175 Å². The molecular weight excluding hydrogens is 384 g/mol. The number of imidazole rings is 1. The molecule has 1 aromatic carbocycles. The second-order valence-corrected chi connectivity index (χ2v) is 7.92. The van der Waals surface area contributed by atoms with Gasteiger partial charge in [0, 0.05) is 18.5 Å². The van der Waals surface area contributed by atoms with Gasteiger partial charge in [0.05, 0.1) is 29.5 Å². The van der Waals surface area contributed by atoms with Gasteiger partial charge in [-0.15, -0.1) is 11.3 Å². The normalized spacial score (nSPS) is 10.9. The standard InChI is InChI=1S/C23H26N2O3S/c1-5-6-7-21-24-13-19(18-10-11-29-22(18)16(3)23(27)28-4)25(21)14-17-8-9-20(26)15(2)12-17/h8-13,26H,3,5-7,14H2,1-2,4H3. The number of nitrogens with zero attached hydrogens (tertiary/aromatic N) is 2. The third-order valence-electron chi connectivity index (χ3n) is 4.94. The van der Waals surface area contributed by atoms with Gasteiger partial charge in [-0.05, 0) is 42.0 Å². The van der Waals surface area contributed by atoms with Gasteiger partial charge in [-0.25, -0.2) is 9.78 Å². The molecule has 0 amide bonds. The number of phenolic OH excluding ortho intramolecular Hbond substituents is 1. The number of hydrogen-bond acceptors (Lipinski definition) is 5. The summed E-state index contributed by atoms with van der Waals surface area (Å²) in [5, 5.41) is 11.8. The van der Waals surface area contributed by atoms with Gasteiger partial charge in [0.2, 0.25) is 0 Å². The molecule has 0 saturated carbocycles. The number of benzene rings is 1. The van der Waals surface area contributed by atoms with Gasteiger partial charge in [0.25, 0.3) is 0 Å². The van der Waals surface area contributed by atoms with Crippen molar-refractivity contribution in [2.75, 3.05) is 7.11 Å². The van der Waals surface area contributed by atoms with Crippen molar-refractivity contribution in [1.29, 1.82) is 0 Å². The minimum atomic E-state index is -0.430. The van der Waals surface area contributed by atoms with Crippen molar-refractivity contribution in [3.8, 4) is 17.0 Å². The van der Waals surface area contributed by atoms with E-state index in [4.69, 9.17) is 4.74 Å². The molecule has 29 heavy (non-hydrogen) atoms. The highest BCUT2D eigenvalue weighted by Crippen LogP contribution is 2.35. The van der Waals surface area contributed by atoms with Gasteiger partial charge in [-0.2, -0.15) is 0 Å². The van der Waals surface area contributed by atoms with Gasteiger partial charge in [0.1, 0.15) is 11.6 Å². The second kappa shape index (κ2) is 9.09. The zero-order chi connectivity index (χ0) is 21.0. The van der Waals surface area contributed by atoms with E-state index < -0.39 is 5.97 Å². The summed E-state index contributed by atoms with van der Waals surface area (Å²) in [5.41, 5.74) is 4.15. The van der Waals surface area contributed by atoms with Crippen LogP contribution < -0.4 is 0 Å². The van der Waals surface area contributed by atoms with E-state index in [9.17, 15) is 9.90 Å². The maximum atomic E-state index is 12.0. The summed E-state index contributed by atoms with van der Waals surface area (Å²) in [7, 11) is 1.36. The van der Waals surface area contributed by atoms with E-state index >= 15 is 0 Å². The molecule has 0 aliphatic carbocycles. The zero-order valence-electron chi connectivity index (χ0n) is 17.1. The summed E-state index contributed by atoms with van der Waals surface area (Å²) >= 11 is 1.47. The third-order valence-corrected chi connectivity index (χ3v) is 5.92. The number of carbonyl (C=O) groups excluding carboxylic acids is 1. The Kier molecular flexibility index (Phi) is 6.54. The fourth-order valence-corrected chi connectivity index (χ4v) is 4.16. The zero-order valence-corrected chi connectivity index (χ0v) is 17.9. The van der Waals surface area contributed by atoms with Crippen molar-refractivity contribution in [3.63, 3.8) is 0 Å². The molecule has 2 aromatic heterocycles. The highest BCUT2D eigenvalue weighted by atomic mass is 32.1. The van der Waals surface area contributed by atoms with E-state index in [0.717, 1.165) is 52.3 Å². The SMILES string of the molecule is C=C(C(=O)OC)c1sccc1-c1cnc(CCCC)n1Cc1ccc(O)c(C)c1. The van der Waals surface area contributed by atoms with Gasteiger partial charge in [0.15, 0.2) is 0 Å². The van der Waals surface area contributed by atoms with Crippen LogP contribution in [0, 0.1) is 6.92 Å². The average molecular weight is 411 g/mol. The lowest BCUT2D eigenvalue weighted by Crippen LogP contribution is -2.08.